The molecule has 0 bridgehead atoms. The summed E-state index contributed by atoms with van der Waals surface area (Å²) in [6, 6.07) is 20.1. The Labute approximate surface area is 171 Å². The molecular weight excluding hydrogens is 364 g/mol. The summed E-state index contributed by atoms with van der Waals surface area (Å²) in [5, 5.41) is 5.68. The van der Waals surface area contributed by atoms with Crippen molar-refractivity contribution in [2.24, 2.45) is 0 Å². The molecule has 1 heterocycles. The van der Waals surface area contributed by atoms with Gasteiger partial charge in [0.05, 0.1) is 19.9 Å². The van der Waals surface area contributed by atoms with Gasteiger partial charge in [0, 0.05) is 30.8 Å². The Hall–Kier alpha value is -3.21. The maximum atomic E-state index is 13.1. The third-order valence-electron chi connectivity index (χ3n) is 5.57. The van der Waals surface area contributed by atoms with Crippen LogP contribution in [0.1, 0.15) is 23.2 Å². The molecular formula is C24H26N2O3. The van der Waals surface area contributed by atoms with Crippen LogP contribution in [0.4, 0.5) is 5.69 Å². The highest BCUT2D eigenvalue weighted by atomic mass is 16.5. The monoisotopic (exact) mass is 390 g/mol. The number of ether oxygens (including phenoxy) is 2. The minimum Gasteiger partial charge on any atom is -0.497 e. The Kier molecular flexibility index (Phi) is 5.56. The average Bonchev–Trinajstić information content (AvgIpc) is 2.79. The summed E-state index contributed by atoms with van der Waals surface area (Å²) in [7, 11) is 3.30. The van der Waals surface area contributed by atoms with Gasteiger partial charge >= 0.3 is 0 Å². The summed E-state index contributed by atoms with van der Waals surface area (Å²) in [4.78, 5) is 15.1. The first-order valence-corrected chi connectivity index (χ1v) is 9.95. The fraction of sp³-hybridized carbons (Fsp3) is 0.292. The Balaban J connectivity index is 1.42. The molecule has 0 radical (unpaired) electrons. The van der Waals surface area contributed by atoms with Crippen molar-refractivity contribution in [1.82, 2.24) is 4.90 Å². The zero-order valence-corrected chi connectivity index (χ0v) is 16.9. The fourth-order valence-electron chi connectivity index (χ4n) is 3.95. The van der Waals surface area contributed by atoms with Crippen LogP contribution in [0.2, 0.25) is 0 Å². The molecule has 4 rings (SSSR count). The predicted octanol–water partition coefficient (Wildman–Crippen LogP) is 4.57. The highest BCUT2D eigenvalue weighted by Crippen LogP contribution is 2.31. The van der Waals surface area contributed by atoms with Crippen LogP contribution < -0.4 is 14.8 Å². The Morgan fingerprint density at radius 2 is 1.72 bits per heavy atom. The van der Waals surface area contributed by atoms with Crippen LogP contribution in [0.25, 0.3) is 10.8 Å². The molecule has 3 aromatic carbocycles. The molecule has 3 aromatic rings. The Bertz CT molecular complexity index is 1000. The number of anilines is 1. The van der Waals surface area contributed by atoms with Crippen molar-refractivity contribution in [2.75, 3.05) is 32.6 Å². The Morgan fingerprint density at radius 1 is 0.966 bits per heavy atom. The van der Waals surface area contributed by atoms with Crippen molar-refractivity contribution in [2.45, 2.75) is 18.9 Å². The van der Waals surface area contributed by atoms with E-state index in [4.69, 9.17) is 9.47 Å². The van der Waals surface area contributed by atoms with Gasteiger partial charge in [-0.15, -0.1) is 0 Å². The van der Waals surface area contributed by atoms with Crippen molar-refractivity contribution in [3.05, 3.63) is 66.2 Å². The molecule has 0 saturated carbocycles. The largest absolute Gasteiger partial charge is 0.497 e. The van der Waals surface area contributed by atoms with E-state index in [9.17, 15) is 4.79 Å². The number of hydrogen-bond acceptors (Lipinski definition) is 4. The lowest BCUT2D eigenvalue weighted by Crippen LogP contribution is -2.42. The zero-order chi connectivity index (χ0) is 20.2. The number of piperidine rings is 1. The van der Waals surface area contributed by atoms with Crippen LogP contribution in [0.3, 0.4) is 0 Å². The quantitative estimate of drug-likeness (QED) is 0.693. The first-order chi connectivity index (χ1) is 14.2. The van der Waals surface area contributed by atoms with Gasteiger partial charge in [0.25, 0.3) is 5.91 Å². The van der Waals surface area contributed by atoms with Crippen LogP contribution >= 0.6 is 0 Å². The maximum Gasteiger partial charge on any atom is 0.254 e. The molecule has 5 nitrogen and oxygen atoms in total. The van der Waals surface area contributed by atoms with E-state index in [1.54, 1.807) is 14.2 Å². The minimum absolute atomic E-state index is 0.113. The van der Waals surface area contributed by atoms with E-state index >= 15 is 0 Å². The van der Waals surface area contributed by atoms with Gasteiger partial charge in [-0.1, -0.05) is 36.4 Å². The molecule has 150 valence electrons. The van der Waals surface area contributed by atoms with Gasteiger partial charge in [0.1, 0.15) is 11.5 Å². The summed E-state index contributed by atoms with van der Waals surface area (Å²) in [6.07, 6.45) is 1.79. The smallest absolute Gasteiger partial charge is 0.254 e. The summed E-state index contributed by atoms with van der Waals surface area (Å²) in [6.45, 7) is 1.47. The summed E-state index contributed by atoms with van der Waals surface area (Å²) in [5.41, 5.74) is 1.73. The van der Waals surface area contributed by atoms with E-state index in [-0.39, 0.29) is 5.91 Å². The number of amides is 1. The molecule has 0 unspecified atom stereocenters. The number of carbonyl (C=O) groups excluding carboxylic acids is 1. The average molecular weight is 390 g/mol. The highest BCUT2D eigenvalue weighted by molar-refractivity contribution is 6.07. The van der Waals surface area contributed by atoms with Crippen molar-refractivity contribution in [3.63, 3.8) is 0 Å². The molecule has 1 saturated heterocycles. The summed E-state index contributed by atoms with van der Waals surface area (Å²) < 4.78 is 10.7. The second-order valence-corrected chi connectivity index (χ2v) is 7.30. The standard InChI is InChI=1S/C24H26N2O3/c1-28-19-10-11-22(23(16-19)29-2)25-18-12-14-26(15-13-18)24(27)21-9-5-7-17-6-3-4-8-20(17)21/h3-11,16,18,25H,12-15H2,1-2H3. The Morgan fingerprint density at radius 3 is 2.48 bits per heavy atom. The SMILES string of the molecule is COc1ccc(NC2CCN(C(=O)c3cccc4ccccc34)CC2)c(OC)c1. The van der Waals surface area contributed by atoms with Gasteiger partial charge < -0.3 is 19.7 Å². The van der Waals surface area contributed by atoms with Crippen LogP contribution in [-0.4, -0.2) is 44.2 Å². The molecule has 1 aliphatic rings. The number of nitrogens with one attached hydrogen (secondary N) is 1. The second kappa shape index (κ2) is 8.43. The van der Waals surface area contributed by atoms with Gasteiger partial charge in [-0.05, 0) is 41.8 Å². The molecule has 1 amide bonds. The molecule has 1 aliphatic heterocycles. The summed E-state index contributed by atoms with van der Waals surface area (Å²) >= 11 is 0. The number of methoxy groups -OCH3 is 2. The number of benzene rings is 3. The van der Waals surface area contributed by atoms with Gasteiger partial charge in [0.2, 0.25) is 0 Å². The third kappa shape index (κ3) is 3.99. The van der Waals surface area contributed by atoms with E-state index in [0.717, 1.165) is 59.5 Å². The normalized spacial score (nSPS) is 14.6. The van der Waals surface area contributed by atoms with Crippen LogP contribution in [-0.2, 0) is 0 Å². The van der Waals surface area contributed by atoms with Crippen LogP contribution in [0.15, 0.2) is 60.7 Å². The number of hydrogen-bond donors (Lipinski definition) is 1. The van der Waals surface area contributed by atoms with Crippen molar-refractivity contribution in [3.8, 4) is 11.5 Å². The maximum absolute atomic E-state index is 13.1. The second-order valence-electron chi connectivity index (χ2n) is 7.30. The lowest BCUT2D eigenvalue weighted by molar-refractivity contribution is 0.0720. The minimum atomic E-state index is 0.113. The van der Waals surface area contributed by atoms with Gasteiger partial charge in [-0.2, -0.15) is 0 Å². The van der Waals surface area contributed by atoms with Gasteiger partial charge in [-0.25, -0.2) is 0 Å². The lowest BCUT2D eigenvalue weighted by atomic mass is 10.0. The van der Waals surface area contributed by atoms with E-state index < -0.39 is 0 Å². The van der Waals surface area contributed by atoms with E-state index in [2.05, 4.69) is 5.32 Å². The molecule has 0 atom stereocenters. The molecule has 0 spiro atoms. The third-order valence-corrected chi connectivity index (χ3v) is 5.57. The van der Waals surface area contributed by atoms with Crippen LogP contribution in [0.5, 0.6) is 11.5 Å². The van der Waals surface area contributed by atoms with E-state index in [1.807, 2.05) is 65.6 Å². The topological polar surface area (TPSA) is 50.8 Å². The van der Waals surface area contributed by atoms with Gasteiger partial charge in [0.15, 0.2) is 0 Å². The number of rotatable bonds is 5. The molecule has 1 N–H and O–H groups in total. The first kappa shape index (κ1) is 19.1. The van der Waals surface area contributed by atoms with E-state index in [1.165, 1.54) is 0 Å². The lowest BCUT2D eigenvalue weighted by Gasteiger charge is -2.33. The predicted molar refractivity (Wildman–Crippen MR) is 116 cm³/mol. The molecule has 29 heavy (non-hydrogen) atoms. The molecule has 1 fully saturated rings. The first-order valence-electron chi connectivity index (χ1n) is 9.95. The van der Waals surface area contributed by atoms with Crippen molar-refractivity contribution < 1.29 is 14.3 Å². The van der Waals surface area contributed by atoms with Crippen molar-refractivity contribution >= 4 is 22.4 Å². The number of carbonyl (C=O) groups is 1. The highest BCUT2D eigenvalue weighted by Gasteiger charge is 2.25. The zero-order valence-electron chi connectivity index (χ0n) is 16.9. The number of likely N-dealkylation sites (tertiary alicyclic amines) is 1. The summed E-state index contributed by atoms with van der Waals surface area (Å²) in [5.74, 6) is 1.64. The van der Waals surface area contributed by atoms with Crippen LogP contribution in [0, 0.1) is 0 Å². The fourth-order valence-corrected chi connectivity index (χ4v) is 3.95. The molecule has 0 aromatic heterocycles. The molecule has 5 heteroatoms. The van der Waals surface area contributed by atoms with Gasteiger partial charge in [-0.3, -0.25) is 4.79 Å². The number of fused-ring (bicyclic) bond motifs is 1. The van der Waals surface area contributed by atoms with E-state index in [0.29, 0.717) is 6.04 Å². The van der Waals surface area contributed by atoms with Crippen molar-refractivity contribution in [1.29, 1.82) is 0 Å². The number of nitrogens with zero attached hydrogens (tertiary/aromatic N) is 1. The molecule has 0 aliphatic carbocycles.